The van der Waals surface area contributed by atoms with Crippen LogP contribution in [0.25, 0.3) is 10.9 Å². The largest absolute Gasteiger partial charge is 0.494 e. The minimum Gasteiger partial charge on any atom is -0.494 e. The highest BCUT2D eigenvalue weighted by Gasteiger charge is 2.03. The van der Waals surface area contributed by atoms with Crippen LogP contribution in [-0.2, 0) is 6.42 Å². The molecule has 0 spiro atoms. The van der Waals surface area contributed by atoms with Crippen LogP contribution < -0.4 is 10.3 Å². The van der Waals surface area contributed by atoms with Gasteiger partial charge in [0.1, 0.15) is 11.6 Å². The van der Waals surface area contributed by atoms with Gasteiger partial charge < -0.3 is 9.72 Å². The van der Waals surface area contributed by atoms with Crippen molar-refractivity contribution >= 4 is 10.9 Å². The number of aromatic amines is 1. The summed E-state index contributed by atoms with van der Waals surface area (Å²) in [6.07, 6.45) is 1.49. The van der Waals surface area contributed by atoms with Crippen LogP contribution in [0.5, 0.6) is 5.75 Å². The third-order valence-corrected chi connectivity index (χ3v) is 3.23. The number of hydrogen-bond acceptors (Lipinski definition) is 3. The summed E-state index contributed by atoms with van der Waals surface area (Å²) in [5.74, 6) is 1.56. The predicted molar refractivity (Wildman–Crippen MR) is 82.6 cm³/mol. The Morgan fingerprint density at radius 2 is 1.76 bits per heavy atom. The van der Waals surface area contributed by atoms with Gasteiger partial charge in [-0.25, -0.2) is 4.98 Å². The molecule has 0 saturated carbocycles. The molecule has 0 radical (unpaired) electrons. The number of nitrogens with zero attached hydrogens (tertiary/aromatic N) is 1. The van der Waals surface area contributed by atoms with Crippen LogP contribution in [0.2, 0.25) is 0 Å². The van der Waals surface area contributed by atoms with E-state index in [2.05, 4.69) is 9.97 Å². The molecule has 3 aromatic rings. The van der Waals surface area contributed by atoms with Crippen molar-refractivity contribution in [3.8, 4) is 5.75 Å². The summed E-state index contributed by atoms with van der Waals surface area (Å²) in [7, 11) is 0. The molecule has 4 nitrogen and oxygen atoms in total. The summed E-state index contributed by atoms with van der Waals surface area (Å²) in [5, 5.41) is 0.627. The van der Waals surface area contributed by atoms with Crippen molar-refractivity contribution in [3.05, 3.63) is 70.8 Å². The van der Waals surface area contributed by atoms with Crippen LogP contribution in [0.4, 0.5) is 0 Å². The molecule has 0 aliphatic carbocycles. The highest BCUT2D eigenvalue weighted by molar-refractivity contribution is 5.77. The van der Waals surface area contributed by atoms with Gasteiger partial charge in [0.05, 0.1) is 17.5 Å². The summed E-state index contributed by atoms with van der Waals surface area (Å²) in [5.41, 5.74) is 0.653. The summed E-state index contributed by atoms with van der Waals surface area (Å²) >= 11 is 0. The molecular formula is C17H16N2O2. The van der Waals surface area contributed by atoms with Gasteiger partial charge in [0.25, 0.3) is 5.56 Å². The molecule has 0 aliphatic rings. The van der Waals surface area contributed by atoms with Gasteiger partial charge >= 0.3 is 0 Å². The number of ether oxygens (including phenoxy) is 1. The van der Waals surface area contributed by atoms with Gasteiger partial charge in [0.2, 0.25) is 0 Å². The molecule has 0 atom stereocenters. The molecule has 0 amide bonds. The third kappa shape index (κ3) is 3.28. The predicted octanol–water partition coefficient (Wildman–Crippen LogP) is 2.93. The maximum Gasteiger partial charge on any atom is 0.258 e. The number of H-pyrrole nitrogens is 1. The molecule has 1 aromatic heterocycles. The monoisotopic (exact) mass is 280 g/mol. The SMILES string of the molecule is O=c1[nH]c(CCCOc2ccccc2)nc2ccccc12. The Hall–Kier alpha value is -2.62. The number of para-hydroxylation sites is 2. The van der Waals surface area contributed by atoms with E-state index in [4.69, 9.17) is 4.74 Å². The molecule has 0 bridgehead atoms. The van der Waals surface area contributed by atoms with Crippen molar-refractivity contribution < 1.29 is 4.74 Å². The van der Waals surface area contributed by atoms with Crippen molar-refractivity contribution in [2.45, 2.75) is 12.8 Å². The molecular weight excluding hydrogens is 264 g/mol. The zero-order chi connectivity index (χ0) is 14.5. The Balaban J connectivity index is 1.62. The molecule has 0 unspecified atom stereocenters. The summed E-state index contributed by atoms with van der Waals surface area (Å²) in [6.45, 7) is 0.598. The first-order valence-corrected chi connectivity index (χ1v) is 6.99. The molecule has 4 heteroatoms. The van der Waals surface area contributed by atoms with E-state index in [1.165, 1.54) is 0 Å². The minimum absolute atomic E-state index is 0.0837. The molecule has 1 N–H and O–H groups in total. The maximum absolute atomic E-state index is 11.9. The fourth-order valence-electron chi connectivity index (χ4n) is 2.20. The smallest absolute Gasteiger partial charge is 0.258 e. The van der Waals surface area contributed by atoms with Gasteiger partial charge in [-0.2, -0.15) is 0 Å². The second kappa shape index (κ2) is 6.22. The van der Waals surface area contributed by atoms with Crippen LogP contribution in [0.3, 0.4) is 0 Å². The average Bonchev–Trinajstić information content (AvgIpc) is 2.53. The first-order valence-electron chi connectivity index (χ1n) is 6.99. The number of benzene rings is 2. The number of nitrogens with one attached hydrogen (secondary N) is 1. The molecule has 21 heavy (non-hydrogen) atoms. The van der Waals surface area contributed by atoms with E-state index >= 15 is 0 Å². The second-order valence-electron chi connectivity index (χ2n) is 4.79. The molecule has 2 aromatic carbocycles. The second-order valence-corrected chi connectivity index (χ2v) is 4.79. The summed E-state index contributed by atoms with van der Waals surface area (Å²) < 4.78 is 5.63. The first-order chi connectivity index (χ1) is 10.3. The zero-order valence-corrected chi connectivity index (χ0v) is 11.6. The number of hydrogen-bond donors (Lipinski definition) is 1. The van der Waals surface area contributed by atoms with Crippen LogP contribution in [0.15, 0.2) is 59.4 Å². The lowest BCUT2D eigenvalue weighted by atomic mass is 10.2. The Bertz CT molecular complexity index is 781. The standard InChI is InChI=1S/C17H16N2O2/c20-17-14-9-4-5-10-15(14)18-16(19-17)11-6-12-21-13-7-2-1-3-8-13/h1-5,7-10H,6,11-12H2,(H,18,19,20). The lowest BCUT2D eigenvalue weighted by Crippen LogP contribution is -2.12. The van der Waals surface area contributed by atoms with Gasteiger partial charge in [-0.3, -0.25) is 4.79 Å². The fraction of sp³-hybridized carbons (Fsp3) is 0.176. The van der Waals surface area contributed by atoms with E-state index in [0.29, 0.717) is 24.2 Å². The topological polar surface area (TPSA) is 55.0 Å². The number of aryl methyl sites for hydroxylation is 1. The summed E-state index contributed by atoms with van der Waals surface area (Å²) in [6, 6.07) is 17.1. The Labute approximate surface area is 122 Å². The van der Waals surface area contributed by atoms with Crippen molar-refractivity contribution in [1.82, 2.24) is 9.97 Å². The summed E-state index contributed by atoms with van der Waals surface area (Å²) in [4.78, 5) is 19.2. The van der Waals surface area contributed by atoms with Gasteiger partial charge in [0, 0.05) is 6.42 Å². The number of aromatic nitrogens is 2. The van der Waals surface area contributed by atoms with E-state index < -0.39 is 0 Å². The normalized spacial score (nSPS) is 10.7. The van der Waals surface area contributed by atoms with Crippen molar-refractivity contribution in [2.75, 3.05) is 6.61 Å². The minimum atomic E-state index is -0.0837. The molecule has 0 aliphatic heterocycles. The molecule has 0 fully saturated rings. The van der Waals surface area contributed by atoms with Crippen LogP contribution in [0, 0.1) is 0 Å². The number of fused-ring (bicyclic) bond motifs is 1. The van der Waals surface area contributed by atoms with Crippen molar-refractivity contribution in [3.63, 3.8) is 0 Å². The number of rotatable bonds is 5. The lowest BCUT2D eigenvalue weighted by Gasteiger charge is -2.06. The Morgan fingerprint density at radius 1 is 1.00 bits per heavy atom. The molecule has 3 rings (SSSR count). The van der Waals surface area contributed by atoms with Crippen molar-refractivity contribution in [1.29, 1.82) is 0 Å². The highest BCUT2D eigenvalue weighted by atomic mass is 16.5. The van der Waals surface area contributed by atoms with E-state index in [1.54, 1.807) is 6.07 Å². The van der Waals surface area contributed by atoms with Crippen LogP contribution in [-0.4, -0.2) is 16.6 Å². The lowest BCUT2D eigenvalue weighted by molar-refractivity contribution is 0.310. The van der Waals surface area contributed by atoms with Crippen LogP contribution >= 0.6 is 0 Å². The zero-order valence-electron chi connectivity index (χ0n) is 11.6. The molecule has 106 valence electrons. The maximum atomic E-state index is 11.9. The Kier molecular flexibility index (Phi) is 3.96. The third-order valence-electron chi connectivity index (χ3n) is 3.23. The quantitative estimate of drug-likeness (QED) is 0.731. The van der Waals surface area contributed by atoms with E-state index in [1.807, 2.05) is 48.5 Å². The van der Waals surface area contributed by atoms with Crippen LogP contribution in [0.1, 0.15) is 12.2 Å². The molecule has 1 heterocycles. The van der Waals surface area contributed by atoms with E-state index in [9.17, 15) is 4.79 Å². The highest BCUT2D eigenvalue weighted by Crippen LogP contribution is 2.10. The Morgan fingerprint density at radius 3 is 2.62 bits per heavy atom. The van der Waals surface area contributed by atoms with E-state index in [-0.39, 0.29) is 5.56 Å². The van der Waals surface area contributed by atoms with Gasteiger partial charge in [-0.1, -0.05) is 30.3 Å². The van der Waals surface area contributed by atoms with Gasteiger partial charge in [-0.15, -0.1) is 0 Å². The van der Waals surface area contributed by atoms with Gasteiger partial charge in [0.15, 0.2) is 0 Å². The first kappa shape index (κ1) is 13.4. The molecule has 0 saturated heterocycles. The van der Waals surface area contributed by atoms with Crippen molar-refractivity contribution in [2.24, 2.45) is 0 Å². The fourth-order valence-corrected chi connectivity index (χ4v) is 2.20. The van der Waals surface area contributed by atoms with Gasteiger partial charge in [-0.05, 0) is 30.7 Å². The average molecular weight is 280 g/mol. The van der Waals surface area contributed by atoms with E-state index in [0.717, 1.165) is 17.7 Å².